The number of carboxylic acid groups (broad SMARTS) is 6. The van der Waals surface area contributed by atoms with E-state index in [0.717, 1.165) is 33.9 Å². The molecule has 6 rings (SSSR count). The third-order valence-electron chi connectivity index (χ3n) is 20.5. The Kier molecular flexibility index (Phi) is 38.6. The van der Waals surface area contributed by atoms with Crippen molar-refractivity contribution >= 4 is 96.8 Å². The first-order valence-corrected chi connectivity index (χ1v) is 42.1. The molecule has 0 bridgehead atoms. The highest BCUT2D eigenvalue weighted by Gasteiger charge is 2.45. The quantitative estimate of drug-likeness (QED) is 0.0191. The Labute approximate surface area is 672 Å². The molecule has 2 aromatic rings. The van der Waals surface area contributed by atoms with E-state index in [2.05, 4.69) is 30.7 Å². The van der Waals surface area contributed by atoms with Crippen LogP contribution in [0.3, 0.4) is 0 Å². The van der Waals surface area contributed by atoms with Crippen molar-refractivity contribution in [2.45, 2.75) is 89.9 Å². The molecule has 38 heteroatoms. The SMILES string of the molecule is CC1(C)C(=CC=CC=CC=CC2=[N+](CCCCS(=O)(=O)O)c3ccc(C(=O)NCCCCNC(=O)CN4CCN(CC(=O)O)CCN(CC(=O)O)CCN(CC(=O)O)CC4)cc3C2(C)C)N(CCCCS(=O)(=O)O)c2ccc(C(=O)NCCCCNC(=O)CN3CCN(CC(=O)O)CCN(CC(=O)O)CCN(CC(=O)O)CC3)cc21. The van der Waals surface area contributed by atoms with Crippen LogP contribution in [0, 0.1) is 0 Å². The van der Waals surface area contributed by atoms with Gasteiger partial charge in [-0.2, -0.15) is 21.4 Å². The first-order valence-electron chi connectivity index (χ1n) is 38.9. The first-order chi connectivity index (χ1) is 54.4. The molecule has 4 aliphatic heterocycles. The van der Waals surface area contributed by atoms with Crippen LogP contribution in [-0.4, -0.2) is 373 Å². The summed E-state index contributed by atoms with van der Waals surface area (Å²) in [6.07, 6.45) is 16.5. The number of benzene rings is 2. The normalized spacial score (nSPS) is 18.3. The number of nitrogens with one attached hydrogen (secondary N) is 4. The minimum atomic E-state index is -4.21. The van der Waals surface area contributed by atoms with Gasteiger partial charge in [-0.1, -0.05) is 44.2 Å². The van der Waals surface area contributed by atoms with Crippen molar-refractivity contribution < 1.29 is 109 Å². The maximum atomic E-state index is 13.8. The van der Waals surface area contributed by atoms with Gasteiger partial charge < -0.3 is 56.8 Å². The molecular weight excluding hydrogens is 1540 g/mol. The average molecular weight is 1650 g/mol. The molecule has 4 amide bonds. The van der Waals surface area contributed by atoms with Crippen molar-refractivity contribution in [3.8, 4) is 0 Å². The van der Waals surface area contributed by atoms with Crippen molar-refractivity contribution in [3.05, 3.63) is 107 Å². The molecule has 0 aliphatic carbocycles. The van der Waals surface area contributed by atoms with Crippen LogP contribution in [0.2, 0.25) is 0 Å². The molecule has 0 saturated carbocycles. The Bertz CT molecular complexity index is 4030. The van der Waals surface area contributed by atoms with E-state index in [0.29, 0.717) is 115 Å². The van der Waals surface area contributed by atoms with Crippen LogP contribution in [0.5, 0.6) is 0 Å². The van der Waals surface area contributed by atoms with Crippen molar-refractivity contribution in [3.63, 3.8) is 0 Å². The molecular formula is C77H117N14O22S2+. The lowest BCUT2D eigenvalue weighted by molar-refractivity contribution is -0.438. The van der Waals surface area contributed by atoms with Gasteiger partial charge in [-0.25, -0.2) is 0 Å². The van der Waals surface area contributed by atoms with Crippen LogP contribution in [0.1, 0.15) is 111 Å². The summed E-state index contributed by atoms with van der Waals surface area (Å²) in [6.45, 7) is 12.4. The van der Waals surface area contributed by atoms with Crippen LogP contribution in [0.4, 0.5) is 11.4 Å². The summed E-state index contributed by atoms with van der Waals surface area (Å²) in [5.74, 6) is -8.40. The molecule has 12 N–H and O–H groups in total. The van der Waals surface area contributed by atoms with Crippen molar-refractivity contribution in [2.24, 2.45) is 0 Å². The Balaban J connectivity index is 1.04. The highest BCUT2D eigenvalue weighted by atomic mass is 32.2. The predicted octanol–water partition coefficient (Wildman–Crippen LogP) is 0.952. The summed E-state index contributed by atoms with van der Waals surface area (Å²) < 4.78 is 68.0. The number of anilines is 1. The number of carbonyl (C=O) groups excluding carboxylic acids is 4. The minimum Gasteiger partial charge on any atom is -0.480 e. The van der Waals surface area contributed by atoms with Gasteiger partial charge in [-0.05, 0) is 101 Å². The molecule has 0 spiro atoms. The molecule has 2 saturated heterocycles. The number of aliphatic carboxylic acids is 6. The van der Waals surface area contributed by atoms with Crippen LogP contribution in [0.15, 0.2) is 84.6 Å². The number of amides is 4. The van der Waals surface area contributed by atoms with Gasteiger partial charge in [-0.3, -0.25) is 96.3 Å². The number of carbonyl (C=O) groups is 10. The second-order valence-corrected chi connectivity index (χ2v) is 33.4. The highest BCUT2D eigenvalue weighted by Crippen LogP contribution is 2.48. The summed E-state index contributed by atoms with van der Waals surface area (Å²) >= 11 is 0. The monoisotopic (exact) mass is 1650 g/mol. The Hall–Kier alpha value is -8.93. The lowest BCUT2D eigenvalue weighted by atomic mass is 9.80. The molecule has 0 aromatic heterocycles. The van der Waals surface area contributed by atoms with Gasteiger partial charge >= 0.3 is 35.8 Å². The lowest BCUT2D eigenvalue weighted by Gasteiger charge is -2.32. The van der Waals surface area contributed by atoms with Crippen molar-refractivity contribution in [1.29, 1.82) is 0 Å². The smallest absolute Gasteiger partial charge is 0.317 e. The number of allylic oxidation sites excluding steroid dienone is 8. The molecule has 4 heterocycles. The molecule has 638 valence electrons. The Morgan fingerprint density at radius 1 is 0.400 bits per heavy atom. The van der Waals surface area contributed by atoms with Crippen molar-refractivity contribution in [2.75, 3.05) is 213 Å². The van der Waals surface area contributed by atoms with Crippen LogP contribution < -0.4 is 26.2 Å². The van der Waals surface area contributed by atoms with Gasteiger partial charge in [0.2, 0.25) is 17.5 Å². The minimum absolute atomic E-state index is 0.0393. The summed E-state index contributed by atoms with van der Waals surface area (Å²) in [6, 6.07) is 10.8. The molecule has 2 aromatic carbocycles. The summed E-state index contributed by atoms with van der Waals surface area (Å²) in [5.41, 5.74) is 4.55. The Morgan fingerprint density at radius 3 is 1.10 bits per heavy atom. The van der Waals surface area contributed by atoms with Crippen LogP contribution in [0.25, 0.3) is 0 Å². The topological polar surface area (TPSA) is 481 Å². The zero-order valence-electron chi connectivity index (χ0n) is 66.4. The lowest BCUT2D eigenvalue weighted by Crippen LogP contribution is -2.49. The molecule has 0 atom stereocenters. The first kappa shape index (κ1) is 94.9. The molecule has 2 fully saturated rings. The molecule has 0 radical (unpaired) electrons. The third kappa shape index (κ3) is 34.0. The number of nitrogens with zero attached hydrogens (tertiary/aromatic N) is 10. The van der Waals surface area contributed by atoms with E-state index in [4.69, 9.17) is 0 Å². The predicted molar refractivity (Wildman–Crippen MR) is 429 cm³/mol. The van der Waals surface area contributed by atoms with E-state index < -0.39 is 78.4 Å². The van der Waals surface area contributed by atoms with Gasteiger partial charge in [0.15, 0.2) is 5.71 Å². The summed E-state index contributed by atoms with van der Waals surface area (Å²) in [5, 5.41) is 69.1. The number of hydrogen-bond acceptors (Lipinski definition) is 23. The van der Waals surface area contributed by atoms with E-state index >= 15 is 0 Å². The van der Waals surface area contributed by atoms with Crippen LogP contribution in [-0.2, 0) is 69.4 Å². The van der Waals surface area contributed by atoms with E-state index in [-0.39, 0.29) is 167 Å². The van der Waals surface area contributed by atoms with Crippen LogP contribution >= 0.6 is 0 Å². The Morgan fingerprint density at radius 2 is 0.730 bits per heavy atom. The number of rotatable bonds is 42. The van der Waals surface area contributed by atoms with Gasteiger partial charge in [0.1, 0.15) is 6.54 Å². The zero-order valence-corrected chi connectivity index (χ0v) is 68.0. The maximum Gasteiger partial charge on any atom is 0.317 e. The van der Waals surface area contributed by atoms with Gasteiger partial charge in [0.05, 0.1) is 69.3 Å². The number of fused-ring (bicyclic) bond motifs is 2. The number of hydrogen-bond donors (Lipinski definition) is 12. The second kappa shape index (κ2) is 46.7. The summed E-state index contributed by atoms with van der Waals surface area (Å²) in [7, 11) is -8.42. The van der Waals surface area contributed by atoms with Gasteiger partial charge in [0, 0.05) is 189 Å². The number of carboxylic acids is 6. The van der Waals surface area contributed by atoms with E-state index in [1.807, 2.05) is 104 Å². The van der Waals surface area contributed by atoms with Gasteiger partial charge in [0.25, 0.3) is 32.1 Å². The summed E-state index contributed by atoms with van der Waals surface area (Å²) in [4.78, 5) is 140. The van der Waals surface area contributed by atoms with E-state index in [1.165, 1.54) is 0 Å². The van der Waals surface area contributed by atoms with E-state index in [9.17, 15) is 105 Å². The second-order valence-electron chi connectivity index (χ2n) is 30.3. The molecule has 0 unspecified atom stereocenters. The van der Waals surface area contributed by atoms with Gasteiger partial charge in [-0.15, -0.1) is 0 Å². The fourth-order valence-corrected chi connectivity index (χ4v) is 15.5. The zero-order chi connectivity index (χ0) is 84.5. The number of unbranched alkanes of at least 4 members (excludes halogenated alkanes) is 4. The largest absolute Gasteiger partial charge is 0.480 e. The fraction of sp³-hybridized carbons (Fsp3) is 0.597. The van der Waals surface area contributed by atoms with E-state index in [1.54, 1.807) is 41.5 Å². The standard InChI is InChI=1S/C77H116N14O22S2/c1-76(2)60-48-58(74(106)80-26-12-10-24-78-66(92)50-82-30-34-84(52-68(94)95)38-42-88(56-72(102)103)43-39-85(35-31-82)53-69(96)97)20-22-62(60)90(28-14-16-46-114(108,109)110)64(76)18-8-6-5-7-9-19-65-77(3,4)61-49-59(21-23-63(61)91(65)29-15-17-47-115(111,112)113)75(107)81-27-13-11-25-79-67(93)51-83-32-36-86(54-70(98)99)40-44-89(57-73(104)105)45-41-87(37-33-83)55-71(100)101/h5-9,18-23,48-49H,10-17,24-47,50-57H2,1-4H3,(H11-,78,79,80,81,92,93,94,95,96,97,98,99,100,101,102,103,104,105,106,107,108,109,110,111,112,113)/p+1. The molecule has 115 heavy (non-hydrogen) atoms. The fourth-order valence-electron chi connectivity index (χ4n) is 14.4. The third-order valence-corrected chi connectivity index (χ3v) is 22.1. The highest BCUT2D eigenvalue weighted by molar-refractivity contribution is 7.86. The molecule has 36 nitrogen and oxygen atoms in total. The average Bonchev–Trinajstić information content (AvgIpc) is 1.59. The maximum absolute atomic E-state index is 13.8. The van der Waals surface area contributed by atoms with Crippen molar-refractivity contribution in [1.82, 2.24) is 60.5 Å². The molecule has 4 aliphatic rings.